The Hall–Kier alpha value is -1.28. The molecule has 1 heterocycles. The average Bonchev–Trinajstić information content (AvgIpc) is 2.96. The molecule has 5 nitrogen and oxygen atoms in total. The van der Waals surface area contributed by atoms with Gasteiger partial charge in [0.05, 0.1) is 17.0 Å². The van der Waals surface area contributed by atoms with Crippen LogP contribution in [0.25, 0.3) is 11.3 Å². The number of aryl methyl sites for hydroxylation is 1. The van der Waals surface area contributed by atoms with Gasteiger partial charge in [0, 0.05) is 37.6 Å². The van der Waals surface area contributed by atoms with Gasteiger partial charge in [-0.3, -0.25) is 0 Å². The van der Waals surface area contributed by atoms with E-state index in [1.165, 1.54) is 6.26 Å². The van der Waals surface area contributed by atoms with E-state index < -0.39 is 10.0 Å². The molecule has 0 bridgehead atoms. The first-order chi connectivity index (χ1) is 11.0. The maximum absolute atomic E-state index is 11.0. The van der Waals surface area contributed by atoms with E-state index in [-0.39, 0.29) is 0 Å². The first-order valence-electron chi connectivity index (χ1n) is 7.45. The van der Waals surface area contributed by atoms with Gasteiger partial charge in [0.2, 0.25) is 10.0 Å². The minimum Gasteiger partial charge on any atom is -0.385 e. The van der Waals surface area contributed by atoms with Gasteiger partial charge in [-0.05, 0) is 18.4 Å². The largest absolute Gasteiger partial charge is 0.385 e. The minimum atomic E-state index is -3.12. The van der Waals surface area contributed by atoms with E-state index in [0.29, 0.717) is 13.0 Å². The molecule has 7 heteroatoms. The maximum Gasteiger partial charge on any atom is 0.208 e. The molecule has 1 aromatic heterocycles. The quantitative estimate of drug-likeness (QED) is 0.703. The molecule has 126 valence electrons. The Balaban J connectivity index is 1.91. The molecule has 0 spiro atoms. The molecule has 0 aliphatic carbocycles. The van der Waals surface area contributed by atoms with Crippen molar-refractivity contribution in [1.82, 2.24) is 9.71 Å². The zero-order chi connectivity index (χ0) is 16.7. The molecule has 0 atom stereocenters. The third kappa shape index (κ3) is 6.39. The van der Waals surface area contributed by atoms with Crippen LogP contribution in [0, 0.1) is 0 Å². The highest BCUT2D eigenvalue weighted by atomic mass is 32.2. The molecule has 1 N–H and O–H groups in total. The second kappa shape index (κ2) is 8.54. The summed E-state index contributed by atoms with van der Waals surface area (Å²) in [5, 5.41) is 3.20. The van der Waals surface area contributed by atoms with Crippen molar-refractivity contribution >= 4 is 21.4 Å². The molecule has 1 aromatic carbocycles. The number of hydrogen-bond donors (Lipinski definition) is 1. The Labute approximate surface area is 141 Å². The molecular weight excluding hydrogens is 332 g/mol. The van der Waals surface area contributed by atoms with Gasteiger partial charge >= 0.3 is 0 Å². The number of methoxy groups -OCH3 is 1. The number of benzene rings is 1. The minimum absolute atomic E-state index is 0.415. The zero-order valence-electron chi connectivity index (χ0n) is 13.4. The highest BCUT2D eigenvalue weighted by Gasteiger charge is 2.05. The van der Waals surface area contributed by atoms with Crippen molar-refractivity contribution in [3.63, 3.8) is 0 Å². The van der Waals surface area contributed by atoms with Crippen molar-refractivity contribution in [2.24, 2.45) is 0 Å². The van der Waals surface area contributed by atoms with Crippen LogP contribution < -0.4 is 4.72 Å². The molecule has 0 aliphatic rings. The molecule has 0 aliphatic heterocycles. The van der Waals surface area contributed by atoms with E-state index in [2.05, 4.69) is 15.1 Å². The summed E-state index contributed by atoms with van der Waals surface area (Å²) in [7, 11) is -1.41. The predicted octanol–water partition coefficient (Wildman–Crippen LogP) is 2.48. The maximum atomic E-state index is 11.0. The summed E-state index contributed by atoms with van der Waals surface area (Å²) < 4.78 is 29.6. The van der Waals surface area contributed by atoms with Gasteiger partial charge in [-0.1, -0.05) is 24.3 Å². The molecule has 0 amide bonds. The Morgan fingerprint density at radius 3 is 2.61 bits per heavy atom. The lowest BCUT2D eigenvalue weighted by Crippen LogP contribution is -2.24. The van der Waals surface area contributed by atoms with Crippen LogP contribution >= 0.6 is 11.3 Å². The fourth-order valence-corrected chi connectivity index (χ4v) is 3.47. The number of aromatic nitrogens is 1. The first-order valence-corrected chi connectivity index (χ1v) is 10.2. The fraction of sp³-hybridized carbons (Fsp3) is 0.438. The molecule has 0 unspecified atom stereocenters. The SMILES string of the molecule is COCCCc1nc(-c2ccc(CCNS(C)(=O)=O)cc2)cs1. The van der Waals surface area contributed by atoms with Crippen molar-refractivity contribution in [3.05, 3.63) is 40.2 Å². The molecule has 2 rings (SSSR count). The third-order valence-corrected chi connectivity index (χ3v) is 4.96. The van der Waals surface area contributed by atoms with Crippen LogP contribution in [0.3, 0.4) is 0 Å². The van der Waals surface area contributed by atoms with E-state index in [9.17, 15) is 8.42 Å². The van der Waals surface area contributed by atoms with Crippen LogP contribution in [0.1, 0.15) is 17.0 Å². The first kappa shape index (κ1) is 18.1. The average molecular weight is 354 g/mol. The second-order valence-electron chi connectivity index (χ2n) is 5.34. The van der Waals surface area contributed by atoms with E-state index in [1.54, 1.807) is 18.4 Å². The molecule has 0 saturated carbocycles. The van der Waals surface area contributed by atoms with E-state index in [4.69, 9.17) is 4.74 Å². The van der Waals surface area contributed by atoms with Crippen LogP contribution in [-0.4, -0.2) is 39.9 Å². The van der Waals surface area contributed by atoms with Gasteiger partial charge in [0.1, 0.15) is 0 Å². The monoisotopic (exact) mass is 354 g/mol. The standard InChI is InChI=1S/C16H22N2O3S2/c1-21-11-3-4-16-18-15(12-22-16)14-7-5-13(6-8-14)9-10-17-23(2,19)20/h5-8,12,17H,3-4,9-11H2,1-2H3. The normalized spacial score (nSPS) is 11.7. The highest BCUT2D eigenvalue weighted by Crippen LogP contribution is 2.23. The topological polar surface area (TPSA) is 68.3 Å². The van der Waals surface area contributed by atoms with Crippen LogP contribution in [-0.2, 0) is 27.6 Å². The number of nitrogens with zero attached hydrogens (tertiary/aromatic N) is 1. The summed E-state index contributed by atoms with van der Waals surface area (Å²) in [6, 6.07) is 8.10. The summed E-state index contributed by atoms with van der Waals surface area (Å²) in [4.78, 5) is 4.65. The third-order valence-electron chi connectivity index (χ3n) is 3.32. The van der Waals surface area contributed by atoms with E-state index >= 15 is 0 Å². The molecule has 0 saturated heterocycles. The molecule has 2 aromatic rings. The molecular formula is C16H22N2O3S2. The fourth-order valence-electron chi connectivity index (χ4n) is 2.15. The summed E-state index contributed by atoms with van der Waals surface area (Å²) >= 11 is 1.67. The Morgan fingerprint density at radius 2 is 1.96 bits per heavy atom. The van der Waals surface area contributed by atoms with Crippen molar-refractivity contribution in [2.45, 2.75) is 19.3 Å². The van der Waals surface area contributed by atoms with Crippen LogP contribution in [0.15, 0.2) is 29.6 Å². The number of rotatable bonds is 9. The zero-order valence-corrected chi connectivity index (χ0v) is 15.0. The number of nitrogens with one attached hydrogen (secondary N) is 1. The Kier molecular flexibility index (Phi) is 6.71. The number of ether oxygens (including phenoxy) is 1. The van der Waals surface area contributed by atoms with Crippen molar-refractivity contribution in [2.75, 3.05) is 26.5 Å². The smallest absolute Gasteiger partial charge is 0.208 e. The summed E-state index contributed by atoms with van der Waals surface area (Å²) in [5.41, 5.74) is 3.17. The Morgan fingerprint density at radius 1 is 1.22 bits per heavy atom. The van der Waals surface area contributed by atoms with Gasteiger partial charge in [-0.2, -0.15) is 0 Å². The van der Waals surface area contributed by atoms with Crippen LogP contribution in [0.2, 0.25) is 0 Å². The van der Waals surface area contributed by atoms with Crippen LogP contribution in [0.5, 0.6) is 0 Å². The summed E-state index contributed by atoms with van der Waals surface area (Å²) in [6.07, 6.45) is 3.76. The molecule has 0 fully saturated rings. The number of hydrogen-bond acceptors (Lipinski definition) is 5. The van der Waals surface area contributed by atoms with Gasteiger partial charge in [0.25, 0.3) is 0 Å². The van der Waals surface area contributed by atoms with Gasteiger partial charge < -0.3 is 4.74 Å². The predicted molar refractivity (Wildman–Crippen MR) is 94.3 cm³/mol. The van der Waals surface area contributed by atoms with Gasteiger partial charge in [-0.15, -0.1) is 11.3 Å². The summed E-state index contributed by atoms with van der Waals surface area (Å²) in [5.74, 6) is 0. The molecule has 23 heavy (non-hydrogen) atoms. The van der Waals surface area contributed by atoms with E-state index in [0.717, 1.165) is 41.3 Å². The summed E-state index contributed by atoms with van der Waals surface area (Å²) in [6.45, 7) is 1.17. The van der Waals surface area contributed by atoms with Crippen molar-refractivity contribution < 1.29 is 13.2 Å². The van der Waals surface area contributed by atoms with E-state index in [1.807, 2.05) is 24.3 Å². The lowest BCUT2D eigenvalue weighted by Gasteiger charge is -2.04. The lowest BCUT2D eigenvalue weighted by molar-refractivity contribution is 0.195. The molecule has 0 radical (unpaired) electrons. The Bertz CT molecular complexity index is 709. The van der Waals surface area contributed by atoms with Crippen molar-refractivity contribution in [3.8, 4) is 11.3 Å². The lowest BCUT2D eigenvalue weighted by atomic mass is 10.1. The number of sulfonamides is 1. The van der Waals surface area contributed by atoms with Gasteiger partial charge in [-0.25, -0.2) is 18.1 Å². The second-order valence-corrected chi connectivity index (χ2v) is 8.11. The highest BCUT2D eigenvalue weighted by molar-refractivity contribution is 7.88. The van der Waals surface area contributed by atoms with Crippen molar-refractivity contribution in [1.29, 1.82) is 0 Å². The van der Waals surface area contributed by atoms with Gasteiger partial charge in [0.15, 0.2) is 0 Å². The van der Waals surface area contributed by atoms with Crippen LogP contribution in [0.4, 0.5) is 0 Å². The number of thiazole rings is 1.